The SMILES string of the molecule is CC(C)(C)OC(=O)NCC1CCN(c2nccc(Nc3cc(C4CC4)[nH]n3)n2)CC1. The van der Waals surface area contributed by atoms with Gasteiger partial charge in [0.05, 0.1) is 0 Å². The van der Waals surface area contributed by atoms with Crippen molar-refractivity contribution in [2.45, 2.75) is 58.0 Å². The molecule has 0 atom stereocenters. The van der Waals surface area contributed by atoms with Crippen molar-refractivity contribution in [1.29, 1.82) is 0 Å². The van der Waals surface area contributed by atoms with Crippen LogP contribution >= 0.6 is 0 Å². The molecule has 2 aliphatic rings. The number of alkyl carbamates (subject to hydrolysis) is 1. The van der Waals surface area contributed by atoms with Gasteiger partial charge in [0.2, 0.25) is 5.95 Å². The van der Waals surface area contributed by atoms with Crippen LogP contribution in [0.2, 0.25) is 0 Å². The first kappa shape index (κ1) is 20.4. The Hall–Kier alpha value is -2.84. The van der Waals surface area contributed by atoms with E-state index in [0.717, 1.165) is 43.5 Å². The van der Waals surface area contributed by atoms with Crippen LogP contribution in [0.25, 0.3) is 0 Å². The zero-order chi connectivity index (χ0) is 21.1. The highest BCUT2D eigenvalue weighted by molar-refractivity contribution is 5.67. The van der Waals surface area contributed by atoms with Crippen LogP contribution in [0.3, 0.4) is 0 Å². The monoisotopic (exact) mass is 413 g/mol. The minimum absolute atomic E-state index is 0.352. The van der Waals surface area contributed by atoms with E-state index in [1.165, 1.54) is 18.5 Å². The number of carbonyl (C=O) groups is 1. The Bertz CT molecular complexity index is 864. The van der Waals surface area contributed by atoms with Gasteiger partial charge in [-0.15, -0.1) is 0 Å². The van der Waals surface area contributed by atoms with Crippen molar-refractivity contribution >= 4 is 23.7 Å². The van der Waals surface area contributed by atoms with Gasteiger partial charge in [0.25, 0.3) is 0 Å². The Morgan fingerprint density at radius 2 is 2.00 bits per heavy atom. The number of hydrogen-bond acceptors (Lipinski definition) is 7. The number of nitrogens with zero attached hydrogens (tertiary/aromatic N) is 4. The summed E-state index contributed by atoms with van der Waals surface area (Å²) in [7, 11) is 0. The molecule has 3 N–H and O–H groups in total. The van der Waals surface area contributed by atoms with E-state index >= 15 is 0 Å². The lowest BCUT2D eigenvalue weighted by Gasteiger charge is -2.32. The van der Waals surface area contributed by atoms with E-state index < -0.39 is 5.60 Å². The van der Waals surface area contributed by atoms with E-state index in [1.807, 2.05) is 26.8 Å². The first-order valence-corrected chi connectivity index (χ1v) is 10.7. The molecule has 0 spiro atoms. The number of H-pyrrole nitrogens is 1. The molecule has 2 aromatic rings. The van der Waals surface area contributed by atoms with Crippen LogP contribution in [0.15, 0.2) is 18.3 Å². The first-order chi connectivity index (χ1) is 14.4. The highest BCUT2D eigenvalue weighted by Gasteiger charge is 2.26. The van der Waals surface area contributed by atoms with Crippen LogP contribution in [0.4, 0.5) is 22.4 Å². The maximum atomic E-state index is 11.8. The molecule has 2 aromatic heterocycles. The second-order valence-electron chi connectivity index (χ2n) is 9.16. The van der Waals surface area contributed by atoms with E-state index in [0.29, 0.717) is 18.4 Å². The molecule has 4 rings (SSSR count). The average molecular weight is 414 g/mol. The van der Waals surface area contributed by atoms with Crippen molar-refractivity contribution in [3.63, 3.8) is 0 Å². The van der Waals surface area contributed by atoms with E-state index in [-0.39, 0.29) is 6.09 Å². The highest BCUT2D eigenvalue weighted by Crippen LogP contribution is 2.39. The molecule has 9 nitrogen and oxygen atoms in total. The van der Waals surface area contributed by atoms with E-state index in [2.05, 4.69) is 41.8 Å². The maximum Gasteiger partial charge on any atom is 0.407 e. The van der Waals surface area contributed by atoms with Gasteiger partial charge in [-0.3, -0.25) is 5.10 Å². The van der Waals surface area contributed by atoms with Crippen LogP contribution in [0, 0.1) is 5.92 Å². The van der Waals surface area contributed by atoms with Gasteiger partial charge in [-0.25, -0.2) is 9.78 Å². The molecule has 2 fully saturated rings. The molecule has 1 aliphatic carbocycles. The summed E-state index contributed by atoms with van der Waals surface area (Å²) in [6.07, 6.45) is 5.85. The van der Waals surface area contributed by atoms with E-state index in [1.54, 1.807) is 6.20 Å². The summed E-state index contributed by atoms with van der Waals surface area (Å²) < 4.78 is 5.30. The van der Waals surface area contributed by atoms with Gasteiger partial charge in [0, 0.05) is 43.5 Å². The van der Waals surface area contributed by atoms with Gasteiger partial charge in [-0.05, 0) is 58.4 Å². The predicted molar refractivity (Wildman–Crippen MR) is 115 cm³/mol. The minimum atomic E-state index is -0.473. The van der Waals surface area contributed by atoms with Crippen LogP contribution in [0.5, 0.6) is 0 Å². The number of ether oxygens (including phenoxy) is 1. The van der Waals surface area contributed by atoms with Gasteiger partial charge in [-0.2, -0.15) is 10.1 Å². The Morgan fingerprint density at radius 1 is 1.23 bits per heavy atom. The normalized spacial score (nSPS) is 17.6. The van der Waals surface area contributed by atoms with E-state index in [4.69, 9.17) is 4.74 Å². The summed E-state index contributed by atoms with van der Waals surface area (Å²) in [6.45, 7) is 7.95. The van der Waals surface area contributed by atoms with Gasteiger partial charge in [-0.1, -0.05) is 0 Å². The fourth-order valence-electron chi connectivity index (χ4n) is 3.58. The number of anilines is 3. The van der Waals surface area contributed by atoms with Crippen molar-refractivity contribution in [2.24, 2.45) is 5.92 Å². The number of nitrogens with one attached hydrogen (secondary N) is 3. The lowest BCUT2D eigenvalue weighted by molar-refractivity contribution is 0.0516. The Morgan fingerprint density at radius 3 is 2.70 bits per heavy atom. The molecule has 0 unspecified atom stereocenters. The average Bonchev–Trinajstić information content (AvgIpc) is 3.45. The maximum absolute atomic E-state index is 11.8. The van der Waals surface area contributed by atoms with Crippen LogP contribution < -0.4 is 15.5 Å². The Balaban J connectivity index is 1.26. The zero-order valence-electron chi connectivity index (χ0n) is 17.9. The third-order valence-corrected chi connectivity index (χ3v) is 5.35. The Kier molecular flexibility index (Phi) is 5.78. The third kappa shape index (κ3) is 5.61. The topological polar surface area (TPSA) is 108 Å². The molecule has 9 heteroatoms. The van der Waals surface area contributed by atoms with Crippen molar-refractivity contribution in [2.75, 3.05) is 29.9 Å². The number of aromatic nitrogens is 4. The largest absolute Gasteiger partial charge is 0.444 e. The second-order valence-corrected chi connectivity index (χ2v) is 9.16. The number of carbonyl (C=O) groups excluding carboxylic acids is 1. The smallest absolute Gasteiger partial charge is 0.407 e. The fourth-order valence-corrected chi connectivity index (χ4v) is 3.58. The first-order valence-electron chi connectivity index (χ1n) is 10.7. The summed E-state index contributed by atoms with van der Waals surface area (Å²) in [5.74, 6) is 3.31. The van der Waals surface area contributed by atoms with Gasteiger partial charge in [0.1, 0.15) is 11.4 Å². The Labute approximate surface area is 177 Å². The van der Waals surface area contributed by atoms with Crippen molar-refractivity contribution in [3.8, 4) is 0 Å². The minimum Gasteiger partial charge on any atom is -0.444 e. The highest BCUT2D eigenvalue weighted by atomic mass is 16.6. The summed E-state index contributed by atoms with van der Waals surface area (Å²) in [5, 5.41) is 13.6. The molecule has 0 bridgehead atoms. The molecule has 0 aromatic carbocycles. The molecule has 3 heterocycles. The fraction of sp³-hybridized carbons (Fsp3) is 0.619. The van der Waals surface area contributed by atoms with Gasteiger partial charge < -0.3 is 20.3 Å². The molecular weight excluding hydrogens is 382 g/mol. The zero-order valence-corrected chi connectivity index (χ0v) is 17.9. The quantitative estimate of drug-likeness (QED) is 0.664. The summed E-state index contributed by atoms with van der Waals surface area (Å²) in [6, 6.07) is 3.91. The number of amides is 1. The predicted octanol–water partition coefficient (Wildman–Crippen LogP) is 3.56. The molecule has 30 heavy (non-hydrogen) atoms. The molecule has 1 amide bonds. The molecular formula is C21H31N7O2. The molecule has 1 saturated heterocycles. The molecule has 1 aliphatic heterocycles. The van der Waals surface area contributed by atoms with E-state index in [9.17, 15) is 4.79 Å². The van der Waals surface area contributed by atoms with Gasteiger partial charge in [0.15, 0.2) is 5.82 Å². The number of hydrogen-bond donors (Lipinski definition) is 3. The molecule has 0 radical (unpaired) electrons. The second kappa shape index (κ2) is 8.49. The van der Waals surface area contributed by atoms with Crippen molar-refractivity contribution in [3.05, 3.63) is 24.0 Å². The van der Waals surface area contributed by atoms with Crippen molar-refractivity contribution in [1.82, 2.24) is 25.5 Å². The van der Waals surface area contributed by atoms with Crippen LogP contribution in [-0.4, -0.2) is 51.5 Å². The molecule has 162 valence electrons. The third-order valence-electron chi connectivity index (χ3n) is 5.35. The summed E-state index contributed by atoms with van der Waals surface area (Å²) in [5.41, 5.74) is 0.716. The van der Waals surface area contributed by atoms with Crippen LogP contribution in [0.1, 0.15) is 58.1 Å². The van der Waals surface area contributed by atoms with Crippen molar-refractivity contribution < 1.29 is 9.53 Å². The van der Waals surface area contributed by atoms with Crippen LogP contribution in [-0.2, 0) is 4.74 Å². The number of aromatic amines is 1. The lowest BCUT2D eigenvalue weighted by Crippen LogP contribution is -2.40. The number of rotatable bonds is 6. The lowest BCUT2D eigenvalue weighted by atomic mass is 9.97. The summed E-state index contributed by atoms with van der Waals surface area (Å²) in [4.78, 5) is 23.1. The summed E-state index contributed by atoms with van der Waals surface area (Å²) >= 11 is 0. The number of piperidine rings is 1. The molecule has 1 saturated carbocycles. The van der Waals surface area contributed by atoms with Gasteiger partial charge >= 0.3 is 6.09 Å². The standard InChI is InChI=1S/C21H31N7O2/c1-21(2,3)30-20(29)23-13-14-7-10-28(11-8-14)19-22-9-6-17(25-19)24-18-12-16(26-27-18)15-4-5-15/h6,9,12,14-15H,4-5,7-8,10-11,13H2,1-3H3,(H,23,29)(H2,22,24,25,26,27).